The van der Waals surface area contributed by atoms with Crippen molar-refractivity contribution in [2.75, 3.05) is 0 Å². The van der Waals surface area contributed by atoms with Gasteiger partial charge < -0.3 is 5.73 Å². The molecular formula is C16H18ClN. The molecule has 0 bridgehead atoms. The summed E-state index contributed by atoms with van der Waals surface area (Å²) in [6, 6.07) is 18.6. The lowest BCUT2D eigenvalue weighted by atomic mass is 9.87. The Bertz CT molecular complexity index is 476. The van der Waals surface area contributed by atoms with Crippen LogP contribution in [0, 0.1) is 0 Å². The Kier molecular flexibility index (Phi) is 4.40. The van der Waals surface area contributed by atoms with Gasteiger partial charge in [0, 0.05) is 17.0 Å². The van der Waals surface area contributed by atoms with E-state index in [2.05, 4.69) is 43.3 Å². The van der Waals surface area contributed by atoms with E-state index in [1.807, 2.05) is 18.2 Å². The van der Waals surface area contributed by atoms with Gasteiger partial charge in [0.2, 0.25) is 0 Å². The van der Waals surface area contributed by atoms with Crippen LogP contribution in [0.3, 0.4) is 0 Å². The molecule has 2 aromatic rings. The molecule has 2 aromatic carbocycles. The zero-order chi connectivity index (χ0) is 13.0. The highest BCUT2D eigenvalue weighted by Crippen LogP contribution is 2.24. The van der Waals surface area contributed by atoms with Crippen LogP contribution >= 0.6 is 11.6 Å². The Hall–Kier alpha value is -1.31. The van der Waals surface area contributed by atoms with Gasteiger partial charge in [0.1, 0.15) is 0 Å². The van der Waals surface area contributed by atoms with Crippen LogP contribution in [0.1, 0.15) is 24.0 Å². The molecule has 0 saturated heterocycles. The molecule has 0 amide bonds. The van der Waals surface area contributed by atoms with Gasteiger partial charge in [0.05, 0.1) is 0 Å². The van der Waals surface area contributed by atoms with Gasteiger partial charge in [-0.2, -0.15) is 0 Å². The van der Waals surface area contributed by atoms with Gasteiger partial charge in [-0.15, -0.1) is 0 Å². The number of halogens is 1. The van der Waals surface area contributed by atoms with Crippen molar-refractivity contribution in [1.82, 2.24) is 0 Å². The predicted octanol–water partition coefficient (Wildman–Crippen LogP) is 4.01. The molecule has 0 aliphatic carbocycles. The fourth-order valence-corrected chi connectivity index (χ4v) is 2.31. The average Bonchev–Trinajstić information content (AvgIpc) is 2.38. The van der Waals surface area contributed by atoms with Crippen molar-refractivity contribution >= 4 is 11.6 Å². The van der Waals surface area contributed by atoms with Gasteiger partial charge >= 0.3 is 0 Å². The van der Waals surface area contributed by atoms with Crippen molar-refractivity contribution in [3.8, 4) is 0 Å². The number of hydrogen-bond donors (Lipinski definition) is 1. The first-order valence-electron chi connectivity index (χ1n) is 6.22. The van der Waals surface area contributed by atoms with E-state index >= 15 is 0 Å². The molecule has 1 nitrogen and oxygen atoms in total. The molecule has 0 spiro atoms. The monoisotopic (exact) mass is 259 g/mol. The first kappa shape index (κ1) is 13.1. The number of benzene rings is 2. The summed E-state index contributed by atoms with van der Waals surface area (Å²) in [6.07, 6.45) is 0.958. The molecule has 94 valence electrons. The third-order valence-corrected chi connectivity index (χ3v) is 3.48. The molecule has 0 fully saturated rings. The maximum absolute atomic E-state index is 6.12. The van der Waals surface area contributed by atoms with Crippen molar-refractivity contribution in [2.45, 2.75) is 25.3 Å². The van der Waals surface area contributed by atoms with Crippen LogP contribution in [0.2, 0.25) is 5.02 Å². The summed E-state index contributed by atoms with van der Waals surface area (Å²) in [4.78, 5) is 0. The second kappa shape index (κ2) is 6.03. The van der Waals surface area contributed by atoms with E-state index in [1.54, 1.807) is 0 Å². The number of rotatable bonds is 4. The minimum atomic E-state index is 0.117. The maximum atomic E-state index is 6.12. The van der Waals surface area contributed by atoms with Gasteiger partial charge in [-0.05, 0) is 36.6 Å². The van der Waals surface area contributed by atoms with Crippen LogP contribution < -0.4 is 5.73 Å². The lowest BCUT2D eigenvalue weighted by molar-refractivity contribution is 0.565. The molecule has 2 atom stereocenters. The normalized spacial score (nSPS) is 14.2. The smallest absolute Gasteiger partial charge is 0.0406 e. The molecule has 2 rings (SSSR count). The number of nitrogens with two attached hydrogens (primary N) is 1. The Balaban J connectivity index is 2.21. The second-order valence-corrected chi connectivity index (χ2v) is 5.14. The van der Waals surface area contributed by atoms with E-state index in [0.29, 0.717) is 5.92 Å². The molecule has 0 radical (unpaired) electrons. The summed E-state index contributed by atoms with van der Waals surface area (Å²) in [5, 5.41) is 0.766. The van der Waals surface area contributed by atoms with Crippen LogP contribution in [0.25, 0.3) is 0 Å². The lowest BCUT2D eigenvalue weighted by Gasteiger charge is -2.21. The van der Waals surface area contributed by atoms with E-state index in [0.717, 1.165) is 11.4 Å². The van der Waals surface area contributed by atoms with E-state index in [9.17, 15) is 0 Å². The van der Waals surface area contributed by atoms with Crippen LogP contribution in [0.5, 0.6) is 0 Å². The van der Waals surface area contributed by atoms with Gasteiger partial charge in [-0.3, -0.25) is 0 Å². The minimum absolute atomic E-state index is 0.117. The predicted molar refractivity (Wildman–Crippen MR) is 78.0 cm³/mol. The van der Waals surface area contributed by atoms with Crippen molar-refractivity contribution in [2.24, 2.45) is 5.73 Å². The van der Waals surface area contributed by atoms with Gasteiger partial charge in [0.25, 0.3) is 0 Å². The third kappa shape index (κ3) is 3.34. The summed E-state index contributed by atoms with van der Waals surface area (Å²) in [5.41, 5.74) is 8.68. The van der Waals surface area contributed by atoms with Crippen LogP contribution in [0.4, 0.5) is 0 Å². The highest BCUT2D eigenvalue weighted by Gasteiger charge is 2.16. The summed E-state index contributed by atoms with van der Waals surface area (Å²) in [6.45, 7) is 2.06. The van der Waals surface area contributed by atoms with Crippen molar-refractivity contribution in [1.29, 1.82) is 0 Å². The molecule has 2 N–H and O–H groups in total. The summed E-state index contributed by atoms with van der Waals surface area (Å²) in [5.74, 6) is 0.324. The van der Waals surface area contributed by atoms with Crippen molar-refractivity contribution in [3.05, 3.63) is 70.7 Å². The first-order chi connectivity index (χ1) is 8.66. The third-order valence-electron chi connectivity index (χ3n) is 3.23. The fraction of sp³-hybridized carbons (Fsp3) is 0.250. The molecule has 0 unspecified atom stereocenters. The van der Waals surface area contributed by atoms with Gasteiger partial charge in [0.15, 0.2) is 0 Å². The van der Waals surface area contributed by atoms with Gasteiger partial charge in [-0.25, -0.2) is 0 Å². The van der Waals surface area contributed by atoms with Crippen LogP contribution in [0.15, 0.2) is 54.6 Å². The topological polar surface area (TPSA) is 26.0 Å². The summed E-state index contributed by atoms with van der Waals surface area (Å²) >= 11 is 5.92. The quantitative estimate of drug-likeness (QED) is 0.882. The van der Waals surface area contributed by atoms with Crippen LogP contribution in [-0.2, 0) is 6.42 Å². The standard InChI is InChI=1S/C16H18ClN/c1-12(18)16(11-13-5-3-2-4-6-13)14-7-9-15(17)10-8-14/h2-10,12,16H,11,18H2,1H3/t12-,16-/m0/s1. The van der Waals surface area contributed by atoms with E-state index in [4.69, 9.17) is 17.3 Å². The van der Waals surface area contributed by atoms with Crippen molar-refractivity contribution < 1.29 is 0 Å². The Morgan fingerprint density at radius 2 is 1.61 bits per heavy atom. The largest absolute Gasteiger partial charge is 0.327 e. The summed E-state index contributed by atoms with van der Waals surface area (Å²) < 4.78 is 0. The maximum Gasteiger partial charge on any atom is 0.0406 e. The molecule has 0 aliphatic heterocycles. The minimum Gasteiger partial charge on any atom is -0.327 e. The Morgan fingerprint density at radius 3 is 2.17 bits per heavy atom. The fourth-order valence-electron chi connectivity index (χ4n) is 2.19. The molecule has 2 heteroatoms. The van der Waals surface area contributed by atoms with Crippen molar-refractivity contribution in [3.63, 3.8) is 0 Å². The van der Waals surface area contributed by atoms with E-state index in [-0.39, 0.29) is 6.04 Å². The Morgan fingerprint density at radius 1 is 1.00 bits per heavy atom. The second-order valence-electron chi connectivity index (χ2n) is 4.71. The van der Waals surface area contributed by atoms with Gasteiger partial charge in [-0.1, -0.05) is 54.1 Å². The first-order valence-corrected chi connectivity index (χ1v) is 6.59. The molecular weight excluding hydrogens is 242 g/mol. The van der Waals surface area contributed by atoms with E-state index < -0.39 is 0 Å². The lowest BCUT2D eigenvalue weighted by Crippen LogP contribution is -2.26. The molecule has 0 aliphatic rings. The van der Waals surface area contributed by atoms with Crippen LogP contribution in [-0.4, -0.2) is 6.04 Å². The average molecular weight is 260 g/mol. The molecule has 0 heterocycles. The SMILES string of the molecule is C[C@H](N)[C@H](Cc1ccccc1)c1ccc(Cl)cc1. The molecule has 0 saturated carbocycles. The summed E-state index contributed by atoms with van der Waals surface area (Å²) in [7, 11) is 0. The zero-order valence-corrected chi connectivity index (χ0v) is 11.3. The highest BCUT2D eigenvalue weighted by molar-refractivity contribution is 6.30. The Labute approximate surface area is 114 Å². The number of hydrogen-bond acceptors (Lipinski definition) is 1. The van der Waals surface area contributed by atoms with E-state index in [1.165, 1.54) is 11.1 Å². The molecule has 0 aromatic heterocycles. The zero-order valence-electron chi connectivity index (χ0n) is 10.5. The molecule has 18 heavy (non-hydrogen) atoms. The highest BCUT2D eigenvalue weighted by atomic mass is 35.5.